The third-order valence-electron chi connectivity index (χ3n) is 3.64. The third-order valence-corrected chi connectivity index (χ3v) is 4.50. The van der Waals surface area contributed by atoms with Crippen LogP contribution < -0.4 is 5.32 Å². The molecule has 0 aliphatic carbocycles. The second-order valence-corrected chi connectivity index (χ2v) is 5.92. The van der Waals surface area contributed by atoms with Gasteiger partial charge in [-0.05, 0) is 39.2 Å². The van der Waals surface area contributed by atoms with Gasteiger partial charge in [0.15, 0.2) is 0 Å². The van der Waals surface area contributed by atoms with Gasteiger partial charge in [-0.3, -0.25) is 4.90 Å². The number of piperidine rings is 1. The number of anilines is 1. The Hall–Kier alpha value is -0.680. The molecule has 1 aliphatic rings. The molecule has 0 radical (unpaired) electrons. The fourth-order valence-electron chi connectivity index (χ4n) is 2.36. The Balaban J connectivity index is 1.94. The molecule has 0 amide bonds. The smallest absolute Gasteiger partial charge is 0.205 e. The minimum absolute atomic E-state index is 0.662. The number of nitrogens with zero attached hydrogens (tertiary/aromatic N) is 3. The van der Waals surface area contributed by atoms with Crippen LogP contribution in [0.2, 0.25) is 0 Å². The molecule has 1 aromatic rings. The zero-order chi connectivity index (χ0) is 12.3. The van der Waals surface area contributed by atoms with E-state index >= 15 is 0 Å². The fourth-order valence-corrected chi connectivity index (χ4v) is 3.19. The van der Waals surface area contributed by atoms with Gasteiger partial charge in [-0.1, -0.05) is 18.3 Å². The Morgan fingerprint density at radius 2 is 2.24 bits per heavy atom. The number of hydrogen-bond donors (Lipinski definition) is 1. The Morgan fingerprint density at radius 1 is 1.41 bits per heavy atom. The Kier molecular flexibility index (Phi) is 4.34. The summed E-state index contributed by atoms with van der Waals surface area (Å²) in [6, 6.07) is 0.662. The molecule has 2 atom stereocenters. The molecule has 1 N–H and O–H groups in total. The average Bonchev–Trinajstić information content (AvgIpc) is 2.73. The molecular weight excluding hydrogens is 232 g/mol. The summed E-state index contributed by atoms with van der Waals surface area (Å²) in [7, 11) is 0. The first-order valence-corrected chi connectivity index (χ1v) is 7.32. The van der Waals surface area contributed by atoms with Gasteiger partial charge in [0, 0.05) is 12.6 Å². The maximum Gasteiger partial charge on any atom is 0.205 e. The van der Waals surface area contributed by atoms with Crippen molar-refractivity contribution in [2.45, 2.75) is 46.2 Å². The van der Waals surface area contributed by atoms with Crippen LogP contribution in [0.3, 0.4) is 0 Å². The Bertz CT molecular complexity index is 352. The Labute approximate surface area is 107 Å². The maximum atomic E-state index is 4.25. The molecule has 2 unspecified atom stereocenters. The number of likely N-dealkylation sites (tertiary alicyclic amines) is 1. The lowest BCUT2D eigenvalue weighted by Gasteiger charge is -2.37. The van der Waals surface area contributed by atoms with E-state index in [1.54, 1.807) is 11.3 Å². The van der Waals surface area contributed by atoms with E-state index < -0.39 is 0 Å². The molecule has 96 valence electrons. The molecule has 0 bridgehead atoms. The van der Waals surface area contributed by atoms with Crippen LogP contribution in [0.5, 0.6) is 0 Å². The van der Waals surface area contributed by atoms with Crippen LogP contribution in [0.25, 0.3) is 0 Å². The molecule has 1 aliphatic heterocycles. The molecule has 1 aromatic heterocycles. The van der Waals surface area contributed by atoms with Crippen LogP contribution in [-0.4, -0.2) is 34.2 Å². The van der Waals surface area contributed by atoms with Gasteiger partial charge in [0.25, 0.3) is 0 Å². The first kappa shape index (κ1) is 12.8. The summed E-state index contributed by atoms with van der Waals surface area (Å²) in [6.07, 6.45) is 2.67. The molecule has 0 spiro atoms. The van der Waals surface area contributed by atoms with Crippen molar-refractivity contribution < 1.29 is 0 Å². The van der Waals surface area contributed by atoms with Crippen LogP contribution in [0, 0.1) is 5.92 Å². The van der Waals surface area contributed by atoms with Crippen LogP contribution in [-0.2, 0) is 6.54 Å². The number of aromatic nitrogens is 2. The van der Waals surface area contributed by atoms with Gasteiger partial charge in [-0.15, -0.1) is 10.2 Å². The van der Waals surface area contributed by atoms with Gasteiger partial charge in [0.05, 0.1) is 6.54 Å². The number of nitrogens with one attached hydrogen (secondary N) is 1. The molecule has 17 heavy (non-hydrogen) atoms. The van der Waals surface area contributed by atoms with Crippen molar-refractivity contribution in [1.82, 2.24) is 15.1 Å². The van der Waals surface area contributed by atoms with E-state index in [0.29, 0.717) is 6.04 Å². The minimum Gasteiger partial charge on any atom is -0.360 e. The van der Waals surface area contributed by atoms with E-state index in [9.17, 15) is 0 Å². The predicted molar refractivity (Wildman–Crippen MR) is 72.3 cm³/mol. The van der Waals surface area contributed by atoms with Gasteiger partial charge in [0.1, 0.15) is 5.01 Å². The average molecular weight is 254 g/mol. The molecule has 0 saturated carbocycles. The highest BCUT2D eigenvalue weighted by molar-refractivity contribution is 7.15. The lowest BCUT2D eigenvalue weighted by molar-refractivity contribution is 0.106. The van der Waals surface area contributed by atoms with E-state index in [0.717, 1.165) is 29.1 Å². The van der Waals surface area contributed by atoms with E-state index in [-0.39, 0.29) is 0 Å². The molecular formula is C12H22N4S. The van der Waals surface area contributed by atoms with Gasteiger partial charge in [-0.25, -0.2) is 0 Å². The molecule has 1 fully saturated rings. The Morgan fingerprint density at radius 3 is 3.00 bits per heavy atom. The third kappa shape index (κ3) is 3.16. The summed E-state index contributed by atoms with van der Waals surface area (Å²) in [6.45, 7) is 9.81. The van der Waals surface area contributed by atoms with Crippen molar-refractivity contribution in [1.29, 1.82) is 0 Å². The molecule has 5 heteroatoms. The maximum absolute atomic E-state index is 4.25. The van der Waals surface area contributed by atoms with E-state index in [1.165, 1.54) is 19.4 Å². The van der Waals surface area contributed by atoms with E-state index in [4.69, 9.17) is 0 Å². The fraction of sp³-hybridized carbons (Fsp3) is 0.833. The summed E-state index contributed by atoms with van der Waals surface area (Å²) in [5, 5.41) is 13.7. The first-order valence-electron chi connectivity index (χ1n) is 6.51. The second kappa shape index (κ2) is 5.78. The van der Waals surface area contributed by atoms with Crippen molar-refractivity contribution >= 4 is 16.5 Å². The van der Waals surface area contributed by atoms with Gasteiger partial charge in [-0.2, -0.15) is 0 Å². The molecule has 1 saturated heterocycles. The number of hydrogen-bond acceptors (Lipinski definition) is 5. The predicted octanol–water partition coefficient (Wildman–Crippen LogP) is 2.59. The zero-order valence-corrected chi connectivity index (χ0v) is 11.8. The number of rotatable bonds is 4. The zero-order valence-electron chi connectivity index (χ0n) is 10.9. The second-order valence-electron chi connectivity index (χ2n) is 4.86. The topological polar surface area (TPSA) is 41.1 Å². The molecule has 2 heterocycles. The lowest BCUT2D eigenvalue weighted by Crippen LogP contribution is -2.41. The lowest BCUT2D eigenvalue weighted by atomic mass is 9.92. The van der Waals surface area contributed by atoms with E-state index in [1.807, 2.05) is 0 Å². The van der Waals surface area contributed by atoms with Crippen LogP contribution in [0.15, 0.2) is 0 Å². The van der Waals surface area contributed by atoms with Gasteiger partial charge < -0.3 is 5.32 Å². The molecule has 0 aromatic carbocycles. The van der Waals surface area contributed by atoms with E-state index in [2.05, 4.69) is 41.2 Å². The highest BCUT2D eigenvalue weighted by atomic mass is 32.1. The summed E-state index contributed by atoms with van der Waals surface area (Å²) < 4.78 is 0. The van der Waals surface area contributed by atoms with Crippen molar-refractivity contribution in [2.24, 2.45) is 5.92 Å². The molecule has 4 nitrogen and oxygen atoms in total. The summed E-state index contributed by atoms with van der Waals surface area (Å²) in [5.74, 6) is 0.796. The minimum atomic E-state index is 0.662. The monoisotopic (exact) mass is 254 g/mol. The largest absolute Gasteiger partial charge is 0.360 e. The van der Waals surface area contributed by atoms with Gasteiger partial charge in [0.2, 0.25) is 5.13 Å². The van der Waals surface area contributed by atoms with Crippen LogP contribution >= 0.6 is 11.3 Å². The highest BCUT2D eigenvalue weighted by Gasteiger charge is 2.25. The van der Waals surface area contributed by atoms with Crippen molar-refractivity contribution in [2.75, 3.05) is 18.4 Å². The standard InChI is InChI=1S/C12H22N4S/c1-4-13-12-15-14-11(17-12)8-16-7-5-6-9(2)10(16)3/h9-10H,4-8H2,1-3H3,(H,13,15). The normalized spacial score (nSPS) is 26.1. The molecule has 2 rings (SSSR count). The van der Waals surface area contributed by atoms with Crippen molar-refractivity contribution in [3.05, 3.63) is 5.01 Å². The van der Waals surface area contributed by atoms with Crippen LogP contribution in [0.1, 0.15) is 38.6 Å². The first-order chi connectivity index (χ1) is 8.20. The SMILES string of the molecule is CCNc1nnc(CN2CCCC(C)C2C)s1. The van der Waals surface area contributed by atoms with Crippen molar-refractivity contribution in [3.8, 4) is 0 Å². The summed E-state index contributed by atoms with van der Waals surface area (Å²) in [4.78, 5) is 2.53. The summed E-state index contributed by atoms with van der Waals surface area (Å²) in [5.41, 5.74) is 0. The van der Waals surface area contributed by atoms with Crippen LogP contribution in [0.4, 0.5) is 5.13 Å². The van der Waals surface area contributed by atoms with Gasteiger partial charge >= 0.3 is 0 Å². The summed E-state index contributed by atoms with van der Waals surface area (Å²) >= 11 is 1.68. The van der Waals surface area contributed by atoms with Crippen molar-refractivity contribution in [3.63, 3.8) is 0 Å². The quantitative estimate of drug-likeness (QED) is 0.896. The highest BCUT2D eigenvalue weighted by Crippen LogP contribution is 2.25.